The van der Waals surface area contributed by atoms with Gasteiger partial charge in [0.05, 0.1) is 6.57 Å². The number of nitrogens with zero attached hydrogens (tertiary/aromatic N) is 4. The van der Waals surface area contributed by atoms with Crippen LogP contribution in [0.25, 0.3) is 9.69 Å². The largest absolute Gasteiger partial charge is 0.356 e. The monoisotopic (exact) mass is 320 g/mol. The van der Waals surface area contributed by atoms with Crippen LogP contribution in [-0.2, 0) is 5.41 Å². The van der Waals surface area contributed by atoms with Gasteiger partial charge in [-0.3, -0.25) is 5.10 Å². The molecular formula is C17H16N6O. The topological polar surface area (TPSA) is 78.9 Å². The number of aromatic amines is 1. The van der Waals surface area contributed by atoms with Crippen LogP contribution in [0.5, 0.6) is 0 Å². The highest BCUT2D eigenvalue weighted by Crippen LogP contribution is 2.35. The summed E-state index contributed by atoms with van der Waals surface area (Å²) < 4.78 is 0. The van der Waals surface area contributed by atoms with Crippen LogP contribution in [0.1, 0.15) is 36.8 Å². The molecule has 0 aliphatic heterocycles. The zero-order valence-corrected chi connectivity index (χ0v) is 13.6. The minimum Gasteiger partial charge on any atom is -0.356 e. The molecule has 0 radical (unpaired) electrons. The van der Waals surface area contributed by atoms with E-state index in [4.69, 9.17) is 13.1 Å². The molecule has 2 aromatic rings. The van der Waals surface area contributed by atoms with Crippen LogP contribution in [0.4, 0.5) is 11.5 Å². The summed E-state index contributed by atoms with van der Waals surface area (Å²) in [5.74, 6) is -0.622. The lowest BCUT2D eigenvalue weighted by molar-refractivity contribution is 0.106. The maximum absolute atomic E-state index is 12.2. The first kappa shape index (κ1) is 16.9. The molecule has 0 aliphatic carbocycles. The first-order valence-corrected chi connectivity index (χ1v) is 7.15. The zero-order valence-electron chi connectivity index (χ0n) is 13.6. The molecule has 1 aromatic carbocycles. The van der Waals surface area contributed by atoms with Gasteiger partial charge in [-0.05, 0) is 10.5 Å². The molecule has 0 amide bonds. The molecule has 0 atom stereocenters. The normalized spacial score (nSPS) is 11.5. The van der Waals surface area contributed by atoms with Gasteiger partial charge in [-0.25, -0.2) is 4.85 Å². The highest BCUT2D eigenvalue weighted by atomic mass is 16.1. The van der Waals surface area contributed by atoms with Gasteiger partial charge in [0.1, 0.15) is 0 Å². The molecule has 120 valence electrons. The van der Waals surface area contributed by atoms with E-state index in [1.54, 1.807) is 30.3 Å². The summed E-state index contributed by atoms with van der Waals surface area (Å²) in [7, 11) is 0. The van der Waals surface area contributed by atoms with E-state index in [0.717, 1.165) is 0 Å². The predicted octanol–water partition coefficient (Wildman–Crippen LogP) is 3.79. The molecule has 0 aliphatic rings. The van der Waals surface area contributed by atoms with Gasteiger partial charge < -0.3 is 9.64 Å². The second-order valence-electron chi connectivity index (χ2n) is 6.01. The Morgan fingerprint density at radius 1 is 1.25 bits per heavy atom. The highest BCUT2D eigenvalue weighted by molar-refractivity contribution is 6.48. The molecule has 0 fully saturated rings. The lowest BCUT2D eigenvalue weighted by Gasteiger charge is -2.16. The lowest BCUT2D eigenvalue weighted by atomic mass is 9.91. The molecule has 1 heterocycles. The maximum Gasteiger partial charge on any atom is 0.341 e. The van der Waals surface area contributed by atoms with Crippen molar-refractivity contribution in [3.63, 3.8) is 0 Å². The van der Waals surface area contributed by atoms with Crippen molar-refractivity contribution < 1.29 is 4.79 Å². The van der Waals surface area contributed by atoms with Gasteiger partial charge >= 0.3 is 5.84 Å². The molecule has 0 saturated carbocycles. The van der Waals surface area contributed by atoms with Gasteiger partial charge in [-0.1, -0.05) is 57.7 Å². The van der Waals surface area contributed by atoms with Crippen molar-refractivity contribution in [2.45, 2.75) is 26.2 Å². The van der Waals surface area contributed by atoms with E-state index in [1.165, 1.54) is 0 Å². The number of hydrazone groups is 1. The Labute approximate surface area is 140 Å². The Kier molecular flexibility index (Phi) is 4.76. The first-order valence-electron chi connectivity index (χ1n) is 7.15. The summed E-state index contributed by atoms with van der Waals surface area (Å²) in [6, 6.07) is 8.43. The average Bonchev–Trinajstić information content (AvgIpc) is 2.99. The molecule has 2 rings (SSSR count). The van der Waals surface area contributed by atoms with Crippen LogP contribution in [0.3, 0.4) is 0 Å². The van der Waals surface area contributed by atoms with Gasteiger partial charge in [-0.15, -0.1) is 0 Å². The number of hydrogen-bond acceptors (Lipinski definition) is 4. The fourth-order valence-corrected chi connectivity index (χ4v) is 2.00. The minimum absolute atomic E-state index is 0.192. The average molecular weight is 320 g/mol. The maximum atomic E-state index is 12.2. The quantitative estimate of drug-likeness (QED) is 0.296. The van der Waals surface area contributed by atoms with Crippen molar-refractivity contribution in [3.05, 3.63) is 64.4 Å². The van der Waals surface area contributed by atoms with Crippen LogP contribution in [-0.4, -0.2) is 21.8 Å². The van der Waals surface area contributed by atoms with Crippen LogP contribution in [0.2, 0.25) is 0 Å². The molecule has 0 spiro atoms. The number of aromatic nitrogens is 2. The third-order valence-electron chi connectivity index (χ3n) is 3.22. The standard InChI is InChI=1S/C17H16N6O/c1-17(2,3)14-12(18-4)15(21-20-14)22-23-16(19-5)13(24)11-9-7-6-8-10-11/h6-10H,1-3H3,(H2,20,21,22)/b23-16+. The van der Waals surface area contributed by atoms with Gasteiger partial charge in [-0.2, -0.15) is 10.5 Å². The lowest BCUT2D eigenvalue weighted by Crippen LogP contribution is -2.12. The molecule has 0 unspecified atom stereocenters. The predicted molar refractivity (Wildman–Crippen MR) is 92.0 cm³/mol. The van der Waals surface area contributed by atoms with Crippen LogP contribution < -0.4 is 5.43 Å². The summed E-state index contributed by atoms with van der Waals surface area (Å²) in [5, 5.41) is 10.7. The number of anilines is 1. The fraction of sp³-hybridized carbons (Fsp3) is 0.235. The number of amidine groups is 1. The zero-order chi connectivity index (χ0) is 17.7. The third kappa shape index (κ3) is 3.47. The molecule has 7 nitrogen and oxygen atoms in total. The van der Waals surface area contributed by atoms with Crippen molar-refractivity contribution in [1.29, 1.82) is 0 Å². The number of nitrogens with one attached hydrogen (secondary N) is 2. The number of H-pyrrole nitrogens is 1. The van der Waals surface area contributed by atoms with Crippen molar-refractivity contribution in [2.75, 3.05) is 5.43 Å². The number of ketones is 1. The number of Topliss-reactive ketones (excluding diaryl/α,β-unsaturated/α-hetero) is 1. The van der Waals surface area contributed by atoms with Crippen molar-refractivity contribution in [2.24, 2.45) is 5.10 Å². The second-order valence-corrected chi connectivity index (χ2v) is 6.01. The number of benzene rings is 1. The summed E-state index contributed by atoms with van der Waals surface area (Å²) in [6.45, 7) is 20.3. The molecule has 0 saturated heterocycles. The summed E-state index contributed by atoms with van der Waals surface area (Å²) in [4.78, 5) is 18.9. The summed E-state index contributed by atoms with van der Waals surface area (Å²) >= 11 is 0. The fourth-order valence-electron chi connectivity index (χ4n) is 2.00. The SMILES string of the molecule is [C-]#[N+]/C(=N/Nc1n[nH]c(C(C)(C)C)c1[N+]#[C-])C(=O)c1ccccc1. The van der Waals surface area contributed by atoms with Gasteiger partial charge in [0, 0.05) is 11.3 Å². The van der Waals surface area contributed by atoms with Gasteiger partial charge in [0.15, 0.2) is 5.82 Å². The van der Waals surface area contributed by atoms with E-state index in [2.05, 4.69) is 30.4 Å². The van der Waals surface area contributed by atoms with Gasteiger partial charge in [0.25, 0.3) is 5.69 Å². The second kappa shape index (κ2) is 6.76. The Morgan fingerprint density at radius 2 is 1.92 bits per heavy atom. The molecule has 0 bridgehead atoms. The molecule has 1 aromatic heterocycles. The Bertz CT molecular complexity index is 859. The minimum atomic E-state index is -0.492. The van der Waals surface area contributed by atoms with E-state index < -0.39 is 5.78 Å². The number of carbonyl (C=O) groups is 1. The van der Waals surface area contributed by atoms with Crippen LogP contribution in [0, 0.1) is 13.1 Å². The summed E-state index contributed by atoms with van der Waals surface area (Å²) in [6.07, 6.45) is 0. The Balaban J connectivity index is 2.30. The van der Waals surface area contributed by atoms with Crippen molar-refractivity contribution >= 4 is 23.1 Å². The molecular weight excluding hydrogens is 304 g/mol. The van der Waals surface area contributed by atoms with Crippen LogP contribution in [0.15, 0.2) is 35.4 Å². The summed E-state index contributed by atoms with van der Waals surface area (Å²) in [5.41, 5.74) is 3.59. The first-order chi connectivity index (χ1) is 11.4. The van der Waals surface area contributed by atoms with E-state index in [1.807, 2.05) is 20.8 Å². The van der Waals surface area contributed by atoms with Crippen molar-refractivity contribution in [1.82, 2.24) is 10.2 Å². The Morgan fingerprint density at radius 3 is 2.46 bits per heavy atom. The van der Waals surface area contributed by atoms with E-state index in [-0.39, 0.29) is 17.1 Å². The molecule has 24 heavy (non-hydrogen) atoms. The number of carbonyl (C=O) groups excluding carboxylic acids is 1. The number of hydrogen-bond donors (Lipinski definition) is 2. The number of rotatable bonds is 4. The Hall–Kier alpha value is -3.45. The van der Waals surface area contributed by atoms with E-state index >= 15 is 0 Å². The van der Waals surface area contributed by atoms with Gasteiger partial charge in [0.2, 0.25) is 5.78 Å². The van der Waals surface area contributed by atoms with E-state index in [9.17, 15) is 4.79 Å². The van der Waals surface area contributed by atoms with Crippen LogP contribution >= 0.6 is 0 Å². The highest BCUT2D eigenvalue weighted by Gasteiger charge is 2.25. The van der Waals surface area contributed by atoms with Crippen molar-refractivity contribution in [3.8, 4) is 0 Å². The molecule has 2 N–H and O–H groups in total. The van der Waals surface area contributed by atoms with E-state index in [0.29, 0.717) is 16.9 Å². The third-order valence-corrected chi connectivity index (χ3v) is 3.22. The molecule has 7 heteroatoms. The smallest absolute Gasteiger partial charge is 0.341 e.